The summed E-state index contributed by atoms with van der Waals surface area (Å²) < 4.78 is 4.94. The minimum Gasteiger partial charge on any atom is -0.361 e. The first-order valence-electron chi connectivity index (χ1n) is 8.91. The molecule has 1 fully saturated rings. The predicted molar refractivity (Wildman–Crippen MR) is 99.0 cm³/mol. The van der Waals surface area contributed by atoms with Crippen LogP contribution in [0.2, 0.25) is 0 Å². The number of piperazine rings is 1. The second-order valence-corrected chi connectivity index (χ2v) is 6.52. The Morgan fingerprint density at radius 3 is 2.64 bits per heavy atom. The van der Waals surface area contributed by atoms with Crippen molar-refractivity contribution in [1.82, 2.24) is 20.3 Å². The highest BCUT2D eigenvalue weighted by Crippen LogP contribution is 2.13. The van der Waals surface area contributed by atoms with Crippen LogP contribution in [0.15, 0.2) is 34.9 Å². The first kappa shape index (κ1) is 19.5. The number of nitro benzene ring substituents is 1. The van der Waals surface area contributed by atoms with Crippen molar-refractivity contribution in [2.24, 2.45) is 0 Å². The molecule has 2 aromatic rings. The van der Waals surface area contributed by atoms with E-state index in [0.29, 0.717) is 50.7 Å². The molecule has 0 radical (unpaired) electrons. The van der Waals surface area contributed by atoms with Crippen LogP contribution in [-0.2, 0) is 0 Å². The van der Waals surface area contributed by atoms with Crippen LogP contribution < -0.4 is 5.32 Å². The van der Waals surface area contributed by atoms with Gasteiger partial charge in [-0.05, 0) is 13.0 Å². The Morgan fingerprint density at radius 2 is 2.00 bits per heavy atom. The number of carbonyl (C=O) groups excluding carboxylic acids is 2. The lowest BCUT2D eigenvalue weighted by Gasteiger charge is -2.34. The van der Waals surface area contributed by atoms with Crippen molar-refractivity contribution in [3.05, 3.63) is 57.5 Å². The Balaban J connectivity index is 1.42. The Hall–Kier alpha value is -3.27. The van der Waals surface area contributed by atoms with E-state index < -0.39 is 4.92 Å². The van der Waals surface area contributed by atoms with Gasteiger partial charge in [0.25, 0.3) is 17.5 Å². The molecule has 1 aromatic heterocycles. The monoisotopic (exact) mass is 387 g/mol. The fraction of sp³-hybridized carbons (Fsp3) is 0.389. The SMILES string of the molecule is Cc1cc(C(=O)N2CCN(CCNC(=O)c3cccc([N+](=O)[O-])c3)CC2)no1. The zero-order chi connectivity index (χ0) is 20.1. The molecule has 0 bridgehead atoms. The Kier molecular flexibility index (Phi) is 5.99. The lowest BCUT2D eigenvalue weighted by Crippen LogP contribution is -2.50. The number of nitro groups is 1. The van der Waals surface area contributed by atoms with Crippen LogP contribution >= 0.6 is 0 Å². The van der Waals surface area contributed by atoms with E-state index in [4.69, 9.17) is 4.52 Å². The molecule has 1 aliphatic heterocycles. The number of aryl methyl sites for hydroxylation is 1. The van der Waals surface area contributed by atoms with E-state index >= 15 is 0 Å². The number of amides is 2. The maximum atomic E-state index is 12.3. The van der Waals surface area contributed by atoms with E-state index in [0.717, 1.165) is 0 Å². The number of non-ortho nitro benzene ring substituents is 1. The van der Waals surface area contributed by atoms with Crippen molar-refractivity contribution in [2.45, 2.75) is 6.92 Å². The normalized spacial score (nSPS) is 14.7. The number of nitrogens with zero attached hydrogens (tertiary/aromatic N) is 4. The lowest BCUT2D eigenvalue weighted by molar-refractivity contribution is -0.384. The summed E-state index contributed by atoms with van der Waals surface area (Å²) in [4.78, 5) is 38.6. The van der Waals surface area contributed by atoms with Gasteiger partial charge >= 0.3 is 0 Å². The third-order valence-electron chi connectivity index (χ3n) is 4.54. The first-order chi connectivity index (χ1) is 13.4. The number of carbonyl (C=O) groups is 2. The van der Waals surface area contributed by atoms with Gasteiger partial charge in [-0.3, -0.25) is 24.6 Å². The molecule has 10 nitrogen and oxygen atoms in total. The zero-order valence-electron chi connectivity index (χ0n) is 15.5. The highest BCUT2D eigenvalue weighted by molar-refractivity contribution is 5.94. The number of nitrogens with one attached hydrogen (secondary N) is 1. The molecule has 2 heterocycles. The molecule has 148 valence electrons. The maximum Gasteiger partial charge on any atom is 0.276 e. The van der Waals surface area contributed by atoms with Gasteiger partial charge in [0.1, 0.15) is 5.76 Å². The molecule has 1 saturated heterocycles. The summed E-state index contributed by atoms with van der Waals surface area (Å²) in [6, 6.07) is 7.25. The molecular formula is C18H21N5O5. The highest BCUT2D eigenvalue weighted by Gasteiger charge is 2.24. The first-order valence-corrected chi connectivity index (χ1v) is 8.91. The van der Waals surface area contributed by atoms with Gasteiger partial charge in [0, 0.05) is 63.0 Å². The largest absolute Gasteiger partial charge is 0.361 e. The summed E-state index contributed by atoms with van der Waals surface area (Å²) >= 11 is 0. The summed E-state index contributed by atoms with van der Waals surface area (Å²) in [5.74, 6) is 0.107. The van der Waals surface area contributed by atoms with Crippen LogP contribution in [0.4, 0.5) is 5.69 Å². The molecular weight excluding hydrogens is 366 g/mol. The van der Waals surface area contributed by atoms with Gasteiger partial charge in [-0.2, -0.15) is 0 Å². The topological polar surface area (TPSA) is 122 Å². The molecule has 0 atom stereocenters. The molecule has 3 rings (SSSR count). The van der Waals surface area contributed by atoms with Crippen LogP contribution in [0, 0.1) is 17.0 Å². The van der Waals surface area contributed by atoms with Gasteiger partial charge < -0.3 is 14.7 Å². The van der Waals surface area contributed by atoms with Crippen molar-refractivity contribution in [3.8, 4) is 0 Å². The lowest BCUT2D eigenvalue weighted by atomic mass is 10.2. The van der Waals surface area contributed by atoms with E-state index in [1.807, 2.05) is 0 Å². The minimum atomic E-state index is -0.530. The van der Waals surface area contributed by atoms with Crippen LogP contribution in [0.3, 0.4) is 0 Å². The predicted octanol–water partition coefficient (Wildman–Crippen LogP) is 1.08. The minimum absolute atomic E-state index is 0.115. The van der Waals surface area contributed by atoms with Crippen LogP contribution in [0.5, 0.6) is 0 Å². The summed E-state index contributed by atoms with van der Waals surface area (Å²) in [6.45, 7) is 5.31. The van der Waals surface area contributed by atoms with Crippen molar-refractivity contribution >= 4 is 17.5 Å². The maximum absolute atomic E-state index is 12.3. The standard InChI is InChI=1S/C18H21N5O5/c1-13-11-16(20-28-13)18(25)22-9-7-21(8-10-22)6-5-19-17(24)14-3-2-4-15(12-14)23(26)27/h2-4,11-12H,5-10H2,1H3,(H,19,24). The van der Waals surface area contributed by atoms with Gasteiger partial charge in [0.15, 0.2) is 5.69 Å². The molecule has 0 aliphatic carbocycles. The van der Waals surface area contributed by atoms with Crippen LogP contribution in [-0.4, -0.2) is 71.0 Å². The van der Waals surface area contributed by atoms with E-state index in [-0.39, 0.29) is 23.1 Å². The molecule has 0 unspecified atom stereocenters. The van der Waals surface area contributed by atoms with Crippen molar-refractivity contribution in [2.75, 3.05) is 39.3 Å². The number of rotatable bonds is 6. The zero-order valence-corrected chi connectivity index (χ0v) is 15.5. The third kappa shape index (κ3) is 4.71. The van der Waals surface area contributed by atoms with Gasteiger partial charge in [-0.25, -0.2) is 0 Å². The van der Waals surface area contributed by atoms with Crippen molar-refractivity contribution < 1.29 is 19.0 Å². The second-order valence-electron chi connectivity index (χ2n) is 6.52. The number of aromatic nitrogens is 1. The van der Waals surface area contributed by atoms with E-state index in [9.17, 15) is 19.7 Å². The average molecular weight is 387 g/mol. The molecule has 1 N–H and O–H groups in total. The molecule has 0 spiro atoms. The molecule has 10 heteroatoms. The smallest absolute Gasteiger partial charge is 0.276 e. The van der Waals surface area contributed by atoms with Gasteiger partial charge in [0.2, 0.25) is 0 Å². The van der Waals surface area contributed by atoms with Gasteiger partial charge in [-0.15, -0.1) is 0 Å². The molecule has 28 heavy (non-hydrogen) atoms. The number of hydrogen-bond donors (Lipinski definition) is 1. The molecule has 0 saturated carbocycles. The summed E-state index contributed by atoms with van der Waals surface area (Å²) in [5, 5.41) is 17.3. The summed E-state index contributed by atoms with van der Waals surface area (Å²) in [6.07, 6.45) is 0. The quantitative estimate of drug-likeness (QED) is 0.581. The Bertz CT molecular complexity index is 873. The third-order valence-corrected chi connectivity index (χ3v) is 4.54. The Morgan fingerprint density at radius 1 is 1.25 bits per heavy atom. The molecule has 1 aliphatic rings. The molecule has 1 aromatic carbocycles. The van der Waals surface area contributed by atoms with E-state index in [1.165, 1.54) is 18.2 Å². The average Bonchev–Trinajstić information content (AvgIpc) is 3.14. The summed E-state index contributed by atoms with van der Waals surface area (Å²) in [7, 11) is 0. The van der Waals surface area contributed by atoms with Gasteiger partial charge in [-0.1, -0.05) is 11.2 Å². The number of benzene rings is 1. The molecule has 2 amide bonds. The fourth-order valence-corrected chi connectivity index (χ4v) is 2.99. The summed E-state index contributed by atoms with van der Waals surface area (Å²) in [5.41, 5.74) is 0.457. The van der Waals surface area contributed by atoms with E-state index in [1.54, 1.807) is 24.0 Å². The van der Waals surface area contributed by atoms with Crippen molar-refractivity contribution in [3.63, 3.8) is 0 Å². The van der Waals surface area contributed by atoms with Gasteiger partial charge in [0.05, 0.1) is 4.92 Å². The van der Waals surface area contributed by atoms with E-state index in [2.05, 4.69) is 15.4 Å². The van der Waals surface area contributed by atoms with Crippen LogP contribution in [0.1, 0.15) is 26.6 Å². The van der Waals surface area contributed by atoms with Crippen LogP contribution in [0.25, 0.3) is 0 Å². The highest BCUT2D eigenvalue weighted by atomic mass is 16.6. The Labute approximate surface area is 161 Å². The fourth-order valence-electron chi connectivity index (χ4n) is 2.99. The number of hydrogen-bond acceptors (Lipinski definition) is 7. The second kappa shape index (κ2) is 8.61. The van der Waals surface area contributed by atoms with Crippen molar-refractivity contribution in [1.29, 1.82) is 0 Å².